The molecule has 37 heavy (non-hydrogen) atoms. The summed E-state index contributed by atoms with van der Waals surface area (Å²) in [5.41, 5.74) is 8.96. The molecule has 0 atom stereocenters. The molecule has 2 fully saturated rings. The Morgan fingerprint density at radius 2 is 1.59 bits per heavy atom. The van der Waals surface area contributed by atoms with Gasteiger partial charge >= 0.3 is 0 Å². The van der Waals surface area contributed by atoms with E-state index >= 15 is 0 Å². The smallest absolute Gasteiger partial charge is 0.243 e. The van der Waals surface area contributed by atoms with E-state index in [-0.39, 0.29) is 10.8 Å². The predicted octanol–water partition coefficient (Wildman–Crippen LogP) is 1.07. The maximum Gasteiger partial charge on any atom is 0.243 e. The minimum Gasteiger partial charge on any atom is -0.379 e. The molecular weight excluding hydrogens is 496 g/mol. The lowest BCUT2D eigenvalue weighted by molar-refractivity contribution is 0.0730. The fraction of sp³-hybridized carbons (Fsp3) is 0.417. The van der Waals surface area contributed by atoms with Crippen LogP contribution in [0.5, 0.6) is 0 Å². The number of fused-ring (bicyclic) bond motifs is 1. The zero-order valence-electron chi connectivity index (χ0n) is 20.3. The normalized spacial score (nSPS) is 18.7. The van der Waals surface area contributed by atoms with Gasteiger partial charge in [-0.15, -0.1) is 0 Å². The highest BCUT2D eigenvalue weighted by Crippen LogP contribution is 2.39. The predicted molar refractivity (Wildman–Crippen MR) is 137 cm³/mol. The average molecular weight is 525 g/mol. The van der Waals surface area contributed by atoms with Crippen LogP contribution in [-0.4, -0.2) is 91.8 Å². The van der Waals surface area contributed by atoms with E-state index in [9.17, 15) is 8.42 Å². The number of morpholine rings is 2. The number of anilines is 4. The van der Waals surface area contributed by atoms with Crippen LogP contribution in [0.15, 0.2) is 41.6 Å². The van der Waals surface area contributed by atoms with Gasteiger partial charge in [0.05, 0.1) is 37.0 Å². The molecule has 5 heterocycles. The largest absolute Gasteiger partial charge is 0.379 e. The standard InChI is InChI=1S/C24H28N8O4S/c25-23-26-15-17(16-27-23)21-20-4-5-32(22(20)29-24(28-21)30-6-10-35-11-7-30)18-2-1-3-19(14-18)37(33,34)31-8-12-36-13-9-31/h1-3,14-16H,4-13H2,(H2,25,26,27). The van der Waals surface area contributed by atoms with Gasteiger partial charge in [-0.1, -0.05) is 6.07 Å². The molecular formula is C24H28N8O4S. The molecule has 0 unspecified atom stereocenters. The molecule has 0 bridgehead atoms. The minimum atomic E-state index is -3.63. The van der Waals surface area contributed by atoms with Crippen molar-refractivity contribution in [3.63, 3.8) is 0 Å². The molecule has 0 aliphatic carbocycles. The van der Waals surface area contributed by atoms with Crippen LogP contribution in [-0.2, 0) is 25.9 Å². The highest BCUT2D eigenvalue weighted by Gasteiger charge is 2.31. The first-order chi connectivity index (χ1) is 18.0. The van der Waals surface area contributed by atoms with Gasteiger partial charge in [-0.25, -0.2) is 23.4 Å². The number of benzene rings is 1. The highest BCUT2D eigenvalue weighted by atomic mass is 32.2. The van der Waals surface area contributed by atoms with Crippen molar-refractivity contribution in [1.82, 2.24) is 24.2 Å². The van der Waals surface area contributed by atoms with Crippen LogP contribution >= 0.6 is 0 Å². The quantitative estimate of drug-likeness (QED) is 0.512. The molecule has 6 rings (SSSR count). The Bertz CT molecular complexity index is 1390. The van der Waals surface area contributed by atoms with Gasteiger partial charge in [-0.3, -0.25) is 0 Å². The van der Waals surface area contributed by atoms with Crippen molar-refractivity contribution in [3.05, 3.63) is 42.2 Å². The summed E-state index contributed by atoms with van der Waals surface area (Å²) in [7, 11) is -3.63. The summed E-state index contributed by atoms with van der Waals surface area (Å²) in [4.78, 5) is 22.6. The van der Waals surface area contributed by atoms with Crippen LogP contribution in [0, 0.1) is 0 Å². The van der Waals surface area contributed by atoms with Crippen LogP contribution in [0.25, 0.3) is 11.3 Å². The second kappa shape index (κ2) is 9.82. The first-order valence-corrected chi connectivity index (χ1v) is 13.7. The van der Waals surface area contributed by atoms with E-state index in [0.29, 0.717) is 71.5 Å². The number of ether oxygens (including phenoxy) is 2. The second-order valence-corrected chi connectivity index (χ2v) is 11.0. The van der Waals surface area contributed by atoms with E-state index in [1.165, 1.54) is 4.31 Å². The van der Waals surface area contributed by atoms with Gasteiger partial charge in [0.1, 0.15) is 5.82 Å². The number of hydrogen-bond donors (Lipinski definition) is 1. The van der Waals surface area contributed by atoms with Crippen LogP contribution in [0.3, 0.4) is 0 Å². The lowest BCUT2D eigenvalue weighted by Crippen LogP contribution is -2.40. The van der Waals surface area contributed by atoms with Crippen molar-refractivity contribution >= 4 is 33.4 Å². The number of rotatable bonds is 5. The lowest BCUT2D eigenvalue weighted by atomic mass is 10.1. The summed E-state index contributed by atoms with van der Waals surface area (Å²) in [5, 5.41) is 0. The topological polar surface area (TPSA) is 140 Å². The van der Waals surface area contributed by atoms with E-state index in [0.717, 1.165) is 28.3 Å². The Hall–Kier alpha value is -3.39. The summed E-state index contributed by atoms with van der Waals surface area (Å²) in [6.07, 6.45) is 4.04. The van der Waals surface area contributed by atoms with Crippen molar-refractivity contribution < 1.29 is 17.9 Å². The van der Waals surface area contributed by atoms with Gasteiger partial charge in [-0.2, -0.15) is 9.29 Å². The summed E-state index contributed by atoms with van der Waals surface area (Å²) < 4.78 is 39.0. The zero-order valence-corrected chi connectivity index (χ0v) is 21.1. The minimum absolute atomic E-state index is 0.197. The number of nitrogen functional groups attached to an aromatic ring is 1. The molecule has 2 saturated heterocycles. The Morgan fingerprint density at radius 3 is 2.32 bits per heavy atom. The Balaban J connectivity index is 1.41. The number of hydrogen-bond acceptors (Lipinski definition) is 11. The fourth-order valence-electron chi connectivity index (χ4n) is 4.85. The Labute approximate surface area is 215 Å². The van der Waals surface area contributed by atoms with Gasteiger partial charge in [0.25, 0.3) is 0 Å². The van der Waals surface area contributed by atoms with E-state index in [4.69, 9.17) is 25.2 Å². The molecule has 3 aromatic rings. The number of nitrogens with zero attached hydrogens (tertiary/aromatic N) is 7. The molecule has 2 N–H and O–H groups in total. The van der Waals surface area contributed by atoms with Crippen LogP contribution < -0.4 is 15.5 Å². The van der Waals surface area contributed by atoms with E-state index in [1.54, 1.807) is 30.6 Å². The van der Waals surface area contributed by atoms with Gasteiger partial charge in [-0.05, 0) is 24.6 Å². The monoisotopic (exact) mass is 524 g/mol. The molecule has 0 radical (unpaired) electrons. The van der Waals surface area contributed by atoms with E-state index in [2.05, 4.69) is 19.8 Å². The molecule has 3 aliphatic heterocycles. The third kappa shape index (κ3) is 4.59. The maximum absolute atomic E-state index is 13.3. The Morgan fingerprint density at radius 1 is 0.892 bits per heavy atom. The van der Waals surface area contributed by atoms with Gasteiger partial charge in [0.2, 0.25) is 21.9 Å². The fourth-order valence-corrected chi connectivity index (χ4v) is 6.29. The molecule has 13 heteroatoms. The van der Waals surface area contributed by atoms with Crippen molar-refractivity contribution in [2.24, 2.45) is 0 Å². The molecule has 0 spiro atoms. The molecule has 3 aliphatic rings. The third-order valence-electron chi connectivity index (χ3n) is 6.79. The lowest BCUT2D eigenvalue weighted by Gasteiger charge is -2.29. The van der Waals surface area contributed by atoms with Crippen LogP contribution in [0.1, 0.15) is 5.56 Å². The summed E-state index contributed by atoms with van der Waals surface area (Å²) in [5.74, 6) is 1.55. The number of aromatic nitrogens is 4. The first-order valence-electron chi connectivity index (χ1n) is 12.3. The molecule has 1 aromatic carbocycles. The van der Waals surface area contributed by atoms with Crippen molar-refractivity contribution in [1.29, 1.82) is 0 Å². The van der Waals surface area contributed by atoms with Crippen molar-refractivity contribution in [3.8, 4) is 11.3 Å². The Kier molecular flexibility index (Phi) is 6.36. The molecule has 12 nitrogen and oxygen atoms in total. The van der Waals surface area contributed by atoms with Gasteiger partial charge < -0.3 is 25.0 Å². The van der Waals surface area contributed by atoms with Crippen LogP contribution in [0.4, 0.5) is 23.4 Å². The van der Waals surface area contributed by atoms with Crippen molar-refractivity contribution in [2.45, 2.75) is 11.3 Å². The maximum atomic E-state index is 13.3. The third-order valence-corrected chi connectivity index (χ3v) is 8.69. The molecule has 194 valence electrons. The van der Waals surface area contributed by atoms with Gasteiger partial charge in [0.15, 0.2) is 0 Å². The number of nitrogens with two attached hydrogens (primary N) is 1. The summed E-state index contributed by atoms with van der Waals surface area (Å²) in [6.45, 7) is 4.71. The first kappa shape index (κ1) is 24.0. The summed E-state index contributed by atoms with van der Waals surface area (Å²) >= 11 is 0. The average Bonchev–Trinajstić information content (AvgIpc) is 3.38. The molecule has 0 saturated carbocycles. The molecule has 0 amide bonds. The number of sulfonamides is 1. The summed E-state index contributed by atoms with van der Waals surface area (Å²) in [6, 6.07) is 7.05. The van der Waals surface area contributed by atoms with E-state index < -0.39 is 10.0 Å². The second-order valence-electron chi connectivity index (χ2n) is 9.02. The zero-order chi connectivity index (χ0) is 25.4. The van der Waals surface area contributed by atoms with E-state index in [1.807, 2.05) is 6.07 Å². The molecule has 2 aromatic heterocycles. The van der Waals surface area contributed by atoms with Crippen LogP contribution in [0.2, 0.25) is 0 Å². The SMILES string of the molecule is Nc1ncc(-c2nc(N3CCOCC3)nc3c2CCN3c2cccc(S(=O)(=O)N3CCOCC3)c2)cn1. The van der Waals surface area contributed by atoms with Gasteiger partial charge in [0, 0.05) is 61.9 Å². The van der Waals surface area contributed by atoms with Crippen molar-refractivity contribution in [2.75, 3.05) is 74.7 Å². The highest BCUT2D eigenvalue weighted by molar-refractivity contribution is 7.89.